The Hall–Kier alpha value is -3.87. The number of anilines is 1. The number of pyridine rings is 1. The average molecular weight is 430 g/mol. The second-order valence-electron chi connectivity index (χ2n) is 7.62. The highest BCUT2D eigenvalue weighted by Crippen LogP contribution is 2.18. The molecule has 0 spiro atoms. The van der Waals surface area contributed by atoms with Crippen molar-refractivity contribution in [1.82, 2.24) is 14.5 Å². The summed E-state index contributed by atoms with van der Waals surface area (Å²) in [7, 11) is 0. The Morgan fingerprint density at radius 3 is 2.50 bits per heavy atom. The number of benzene rings is 2. The minimum absolute atomic E-state index is 0.0131. The Labute approximate surface area is 185 Å². The van der Waals surface area contributed by atoms with Crippen LogP contribution in [0.1, 0.15) is 41.5 Å². The van der Waals surface area contributed by atoms with Gasteiger partial charge in [0.2, 0.25) is 5.91 Å². The van der Waals surface area contributed by atoms with Crippen molar-refractivity contribution < 1.29 is 14.0 Å². The zero-order valence-corrected chi connectivity index (χ0v) is 17.7. The number of aromatic nitrogens is 3. The molecule has 0 aliphatic carbocycles. The molecule has 0 bridgehead atoms. The molecule has 1 amide bonds. The van der Waals surface area contributed by atoms with E-state index in [9.17, 15) is 14.0 Å². The van der Waals surface area contributed by atoms with Crippen LogP contribution in [-0.4, -0.2) is 26.2 Å². The SMILES string of the molecule is CC(=O)c1ccc(NC(=O)CCCc2nc3cccnc3n2Cc2ccc(F)cc2)cc1. The van der Waals surface area contributed by atoms with E-state index in [0.717, 1.165) is 22.6 Å². The number of hydrogen-bond donors (Lipinski definition) is 1. The number of aryl methyl sites for hydroxylation is 1. The summed E-state index contributed by atoms with van der Waals surface area (Å²) < 4.78 is 15.3. The number of nitrogens with zero attached hydrogens (tertiary/aromatic N) is 3. The molecule has 0 saturated heterocycles. The van der Waals surface area contributed by atoms with Gasteiger partial charge in [-0.3, -0.25) is 9.59 Å². The minimum Gasteiger partial charge on any atom is -0.326 e. The zero-order chi connectivity index (χ0) is 22.5. The largest absolute Gasteiger partial charge is 0.326 e. The van der Waals surface area contributed by atoms with Gasteiger partial charge in [0.05, 0.1) is 6.54 Å². The molecule has 2 aromatic heterocycles. The Balaban J connectivity index is 1.41. The fourth-order valence-electron chi connectivity index (χ4n) is 3.55. The molecule has 1 N–H and O–H groups in total. The van der Waals surface area contributed by atoms with Crippen molar-refractivity contribution in [2.45, 2.75) is 32.7 Å². The molecule has 4 aromatic rings. The molecule has 0 saturated carbocycles. The van der Waals surface area contributed by atoms with E-state index in [0.29, 0.717) is 37.1 Å². The highest BCUT2D eigenvalue weighted by atomic mass is 19.1. The predicted octanol–water partition coefficient (Wildman–Crippen LogP) is 4.78. The Kier molecular flexibility index (Phi) is 6.35. The van der Waals surface area contributed by atoms with Gasteiger partial charge in [-0.2, -0.15) is 0 Å². The molecule has 0 aliphatic heterocycles. The summed E-state index contributed by atoms with van der Waals surface area (Å²) in [6, 6.07) is 17.0. The number of halogens is 1. The number of carbonyl (C=O) groups is 2. The zero-order valence-electron chi connectivity index (χ0n) is 17.7. The molecule has 4 rings (SSSR count). The lowest BCUT2D eigenvalue weighted by molar-refractivity contribution is -0.116. The van der Waals surface area contributed by atoms with Crippen molar-refractivity contribution in [3.8, 4) is 0 Å². The van der Waals surface area contributed by atoms with Crippen LogP contribution in [0.5, 0.6) is 0 Å². The lowest BCUT2D eigenvalue weighted by Crippen LogP contribution is -2.12. The summed E-state index contributed by atoms with van der Waals surface area (Å²) in [5, 5.41) is 2.86. The summed E-state index contributed by atoms with van der Waals surface area (Å²) in [5.74, 6) is 0.451. The fourth-order valence-corrected chi connectivity index (χ4v) is 3.55. The second-order valence-corrected chi connectivity index (χ2v) is 7.62. The van der Waals surface area contributed by atoms with Crippen molar-refractivity contribution in [2.75, 3.05) is 5.32 Å². The summed E-state index contributed by atoms with van der Waals surface area (Å²) in [6.07, 6.45) is 3.28. The molecular weight excluding hydrogens is 407 g/mol. The third-order valence-electron chi connectivity index (χ3n) is 5.22. The number of amides is 1. The molecule has 0 fully saturated rings. The predicted molar refractivity (Wildman–Crippen MR) is 121 cm³/mol. The van der Waals surface area contributed by atoms with Crippen molar-refractivity contribution in [3.63, 3.8) is 0 Å². The standard InChI is InChI=1S/C25H23FN4O2/c1-17(31)19-9-13-21(14-10-19)28-24(32)6-2-5-23-29-22-4-3-15-27-25(22)30(23)16-18-7-11-20(26)12-8-18/h3-4,7-15H,2,5-6,16H2,1H3,(H,28,32). The number of carbonyl (C=O) groups excluding carboxylic acids is 2. The lowest BCUT2D eigenvalue weighted by atomic mass is 10.1. The van der Waals surface area contributed by atoms with Gasteiger partial charge in [-0.05, 0) is 67.4 Å². The van der Waals surface area contributed by atoms with Gasteiger partial charge in [0, 0.05) is 30.3 Å². The van der Waals surface area contributed by atoms with E-state index in [1.165, 1.54) is 19.1 Å². The molecule has 162 valence electrons. The Morgan fingerprint density at radius 1 is 1.03 bits per heavy atom. The van der Waals surface area contributed by atoms with Crippen LogP contribution in [0.4, 0.5) is 10.1 Å². The van der Waals surface area contributed by atoms with Gasteiger partial charge in [0.15, 0.2) is 11.4 Å². The molecule has 7 heteroatoms. The first-order chi connectivity index (χ1) is 15.5. The third-order valence-corrected chi connectivity index (χ3v) is 5.22. The van der Waals surface area contributed by atoms with Crippen LogP contribution in [0, 0.1) is 5.82 Å². The van der Waals surface area contributed by atoms with E-state index in [-0.39, 0.29) is 17.5 Å². The normalized spacial score (nSPS) is 10.9. The summed E-state index contributed by atoms with van der Waals surface area (Å²) in [6.45, 7) is 2.03. The highest BCUT2D eigenvalue weighted by molar-refractivity contribution is 5.95. The van der Waals surface area contributed by atoms with Gasteiger partial charge < -0.3 is 9.88 Å². The van der Waals surface area contributed by atoms with Crippen LogP contribution in [0.25, 0.3) is 11.2 Å². The topological polar surface area (TPSA) is 76.9 Å². The molecule has 0 atom stereocenters. The van der Waals surface area contributed by atoms with Crippen molar-refractivity contribution in [2.24, 2.45) is 0 Å². The average Bonchev–Trinajstić information content (AvgIpc) is 3.13. The van der Waals surface area contributed by atoms with Gasteiger partial charge in [-0.15, -0.1) is 0 Å². The Morgan fingerprint density at radius 2 is 1.78 bits per heavy atom. The maximum atomic E-state index is 13.3. The van der Waals surface area contributed by atoms with Crippen LogP contribution in [0.2, 0.25) is 0 Å². The smallest absolute Gasteiger partial charge is 0.224 e. The van der Waals surface area contributed by atoms with Gasteiger partial charge in [-0.25, -0.2) is 14.4 Å². The number of nitrogens with one attached hydrogen (secondary N) is 1. The third kappa shape index (κ3) is 5.06. The van der Waals surface area contributed by atoms with E-state index in [2.05, 4.69) is 10.3 Å². The molecule has 0 unspecified atom stereocenters. The van der Waals surface area contributed by atoms with Crippen LogP contribution in [0.15, 0.2) is 66.9 Å². The maximum absolute atomic E-state index is 13.3. The number of hydrogen-bond acceptors (Lipinski definition) is 4. The summed E-state index contributed by atoms with van der Waals surface area (Å²) in [4.78, 5) is 32.9. The number of fused-ring (bicyclic) bond motifs is 1. The molecule has 0 radical (unpaired) electrons. The first kappa shape index (κ1) is 21.4. The molecule has 2 heterocycles. The maximum Gasteiger partial charge on any atom is 0.224 e. The second kappa shape index (κ2) is 9.51. The lowest BCUT2D eigenvalue weighted by Gasteiger charge is -2.09. The van der Waals surface area contributed by atoms with Crippen LogP contribution >= 0.6 is 0 Å². The number of imidazole rings is 1. The van der Waals surface area contributed by atoms with Crippen LogP contribution in [0.3, 0.4) is 0 Å². The fraction of sp³-hybridized carbons (Fsp3) is 0.200. The van der Waals surface area contributed by atoms with E-state index in [1.807, 2.05) is 16.7 Å². The molecular formula is C25H23FN4O2. The van der Waals surface area contributed by atoms with Crippen LogP contribution in [-0.2, 0) is 17.8 Å². The molecule has 6 nitrogen and oxygen atoms in total. The van der Waals surface area contributed by atoms with Gasteiger partial charge in [0.25, 0.3) is 0 Å². The summed E-state index contributed by atoms with van der Waals surface area (Å²) >= 11 is 0. The first-order valence-electron chi connectivity index (χ1n) is 10.4. The monoisotopic (exact) mass is 430 g/mol. The first-order valence-corrected chi connectivity index (χ1v) is 10.4. The summed E-state index contributed by atoms with van der Waals surface area (Å²) in [5.41, 5.74) is 3.77. The highest BCUT2D eigenvalue weighted by Gasteiger charge is 2.13. The quantitative estimate of drug-likeness (QED) is 0.408. The number of ketones is 1. The van der Waals surface area contributed by atoms with Crippen molar-refractivity contribution in [3.05, 3.63) is 89.6 Å². The Bertz CT molecular complexity index is 1250. The molecule has 0 aliphatic rings. The van der Waals surface area contributed by atoms with Gasteiger partial charge >= 0.3 is 0 Å². The van der Waals surface area contributed by atoms with Gasteiger partial charge in [-0.1, -0.05) is 12.1 Å². The van der Waals surface area contributed by atoms with Crippen molar-refractivity contribution in [1.29, 1.82) is 0 Å². The van der Waals surface area contributed by atoms with E-state index in [4.69, 9.17) is 4.98 Å². The van der Waals surface area contributed by atoms with E-state index >= 15 is 0 Å². The number of rotatable bonds is 8. The van der Waals surface area contributed by atoms with Crippen LogP contribution < -0.4 is 5.32 Å². The van der Waals surface area contributed by atoms with E-state index < -0.39 is 0 Å². The van der Waals surface area contributed by atoms with Gasteiger partial charge in [0.1, 0.15) is 17.2 Å². The minimum atomic E-state index is -0.274. The number of Topliss-reactive ketones (excluding diaryl/α,β-unsaturated/α-hetero) is 1. The van der Waals surface area contributed by atoms with E-state index in [1.54, 1.807) is 42.6 Å². The molecule has 2 aromatic carbocycles. The molecule has 32 heavy (non-hydrogen) atoms. The van der Waals surface area contributed by atoms with Crippen molar-refractivity contribution >= 4 is 28.5 Å².